The number of likely N-dealkylation sites (N-methyl/N-ethyl adjacent to an activating group) is 1. The lowest BCUT2D eigenvalue weighted by atomic mass is 10.1. The van der Waals surface area contributed by atoms with Crippen molar-refractivity contribution in [2.45, 2.75) is 251 Å². The average molecular weight is 1070 g/mol. The van der Waals surface area contributed by atoms with Gasteiger partial charge in [-0.15, -0.1) is 0 Å². The fourth-order valence-corrected chi connectivity index (χ4v) is 8.79. The van der Waals surface area contributed by atoms with Gasteiger partial charge in [0.05, 0.1) is 33.8 Å². The van der Waals surface area contributed by atoms with E-state index in [4.69, 9.17) is 13.8 Å². The lowest BCUT2D eigenvalue weighted by Crippen LogP contribution is -2.47. The summed E-state index contributed by atoms with van der Waals surface area (Å²) in [5.41, 5.74) is 0. The van der Waals surface area contributed by atoms with Gasteiger partial charge in [0.1, 0.15) is 19.3 Å². The number of hydrogen-bond acceptors (Lipinski definition) is 6. The Labute approximate surface area is 461 Å². The van der Waals surface area contributed by atoms with Crippen LogP contribution in [0.15, 0.2) is 109 Å². The van der Waals surface area contributed by atoms with Gasteiger partial charge in [-0.05, 0) is 109 Å². The number of quaternary nitrogens is 1. The zero-order valence-electron chi connectivity index (χ0n) is 49.0. The third kappa shape index (κ3) is 55.2. The number of unbranched alkanes of at least 4 members (excludes halogenated alkanes) is 22. The molecule has 75 heavy (non-hydrogen) atoms. The molecule has 430 valence electrons. The standard InChI is InChI=1S/C65H113N2O7P/c1-7-10-13-16-19-22-25-27-29-30-31-32-33-34-35-36-38-40-43-46-49-52-55-58-65(69)74-63(56-53-50-47-44-41-24-21-18-15-12-9-3)62(61-73-75(70,71)72-60-59-67(4,5)6)66-64(68)57-54-51-48-45-42-39-37-28-26-23-20-17-14-11-8-2/h10,13,19-20,22-23,26-29,31-32,34-35,38,40,53,56,62-63H,7-9,11-12,14-18,21,24-25,30,33,36-37,39,41-52,54-55,57-61H2,1-6H3,(H-,66,68,70,71)/p+1/b13-10-,22-19-,23-20+,28-26+,29-27-,32-31-,35-34-,40-38-,56-53-. The summed E-state index contributed by atoms with van der Waals surface area (Å²) in [4.78, 5) is 37.6. The van der Waals surface area contributed by atoms with E-state index in [1.807, 2.05) is 33.3 Å². The van der Waals surface area contributed by atoms with Gasteiger partial charge in [0, 0.05) is 12.8 Å². The normalized spacial score (nSPS) is 14.5. The summed E-state index contributed by atoms with van der Waals surface area (Å²) in [5.74, 6) is -0.555. The number of esters is 1. The van der Waals surface area contributed by atoms with E-state index in [1.165, 1.54) is 64.2 Å². The SMILES string of the molecule is CC/C=C\C/C=C\C/C=C\C/C=C\C/C=C\C/C=C\CCCCCCC(=O)OC(/C=C\CCCCCCCCCCC)C(COP(=O)(O)OCC[N+](C)(C)C)NC(=O)CCCCCCCC/C=C/C=C/CCCCC. The van der Waals surface area contributed by atoms with Gasteiger partial charge in [-0.25, -0.2) is 4.57 Å². The highest BCUT2D eigenvalue weighted by molar-refractivity contribution is 7.47. The zero-order valence-corrected chi connectivity index (χ0v) is 49.9. The van der Waals surface area contributed by atoms with Gasteiger partial charge in [0.15, 0.2) is 0 Å². The molecule has 0 aliphatic rings. The molecule has 3 atom stereocenters. The second kappa shape index (κ2) is 54.0. The van der Waals surface area contributed by atoms with Crippen molar-refractivity contribution in [3.63, 3.8) is 0 Å². The number of hydrogen-bond donors (Lipinski definition) is 2. The van der Waals surface area contributed by atoms with Crippen LogP contribution in [0.2, 0.25) is 0 Å². The topological polar surface area (TPSA) is 111 Å². The van der Waals surface area contributed by atoms with Crippen molar-refractivity contribution in [1.82, 2.24) is 5.32 Å². The third-order valence-corrected chi connectivity index (χ3v) is 13.7. The van der Waals surface area contributed by atoms with Crippen molar-refractivity contribution in [2.24, 2.45) is 0 Å². The molecule has 0 aromatic rings. The van der Waals surface area contributed by atoms with E-state index in [0.29, 0.717) is 23.9 Å². The first-order valence-electron chi connectivity index (χ1n) is 30.2. The van der Waals surface area contributed by atoms with Crippen molar-refractivity contribution >= 4 is 19.7 Å². The third-order valence-electron chi connectivity index (χ3n) is 12.7. The molecule has 3 unspecified atom stereocenters. The van der Waals surface area contributed by atoms with Crippen LogP contribution in [0.3, 0.4) is 0 Å². The lowest BCUT2D eigenvalue weighted by Gasteiger charge is -2.27. The molecule has 2 N–H and O–H groups in total. The number of allylic oxidation sites excluding steroid dienone is 17. The van der Waals surface area contributed by atoms with Crippen molar-refractivity contribution in [3.8, 4) is 0 Å². The van der Waals surface area contributed by atoms with E-state index < -0.39 is 20.0 Å². The molecule has 9 nitrogen and oxygen atoms in total. The molecule has 0 saturated carbocycles. The Morgan fingerprint density at radius 2 is 0.893 bits per heavy atom. The van der Waals surface area contributed by atoms with Crippen LogP contribution in [0, 0.1) is 0 Å². The molecule has 0 aliphatic carbocycles. The highest BCUT2D eigenvalue weighted by Gasteiger charge is 2.30. The second-order valence-electron chi connectivity index (χ2n) is 21.2. The zero-order chi connectivity index (χ0) is 55.0. The minimum Gasteiger partial charge on any atom is -0.456 e. The van der Waals surface area contributed by atoms with Gasteiger partial charge in [-0.3, -0.25) is 18.6 Å². The smallest absolute Gasteiger partial charge is 0.456 e. The van der Waals surface area contributed by atoms with E-state index in [1.54, 1.807) is 0 Å². The first-order chi connectivity index (χ1) is 36.4. The molecule has 0 aromatic heterocycles. The Morgan fingerprint density at radius 3 is 1.39 bits per heavy atom. The minimum atomic E-state index is -4.46. The number of ether oxygens (including phenoxy) is 1. The summed E-state index contributed by atoms with van der Waals surface area (Å²) in [5, 5.41) is 3.03. The second-order valence-corrected chi connectivity index (χ2v) is 22.6. The fraction of sp³-hybridized carbons (Fsp3) is 0.692. The van der Waals surface area contributed by atoms with Crippen LogP contribution in [0.5, 0.6) is 0 Å². The Kier molecular flexibility index (Phi) is 51.6. The first-order valence-corrected chi connectivity index (χ1v) is 31.7. The van der Waals surface area contributed by atoms with Crippen molar-refractivity contribution < 1.29 is 37.3 Å². The molecule has 0 fully saturated rings. The number of nitrogens with zero attached hydrogens (tertiary/aromatic N) is 1. The van der Waals surface area contributed by atoms with Crippen LogP contribution in [0.4, 0.5) is 0 Å². The van der Waals surface area contributed by atoms with Crippen LogP contribution in [0.25, 0.3) is 0 Å². The Morgan fingerprint density at radius 1 is 0.493 bits per heavy atom. The molecule has 10 heteroatoms. The summed E-state index contributed by atoms with van der Waals surface area (Å²) < 4.78 is 30.6. The molecule has 0 heterocycles. The number of carbonyl (C=O) groups is 2. The van der Waals surface area contributed by atoms with Crippen molar-refractivity contribution in [3.05, 3.63) is 109 Å². The predicted molar refractivity (Wildman–Crippen MR) is 323 cm³/mol. The maximum absolute atomic E-state index is 13.5. The van der Waals surface area contributed by atoms with Gasteiger partial charge >= 0.3 is 13.8 Å². The quantitative estimate of drug-likeness (QED) is 0.0156. The van der Waals surface area contributed by atoms with E-state index >= 15 is 0 Å². The molecular weight excluding hydrogens is 952 g/mol. The van der Waals surface area contributed by atoms with E-state index in [2.05, 4.69) is 123 Å². The molecule has 0 rings (SSSR count). The predicted octanol–water partition coefficient (Wildman–Crippen LogP) is 18.6. The van der Waals surface area contributed by atoms with Gasteiger partial charge in [0.2, 0.25) is 5.91 Å². The molecule has 0 bridgehead atoms. The van der Waals surface area contributed by atoms with Gasteiger partial charge in [-0.2, -0.15) is 0 Å². The molecule has 1 amide bonds. The lowest BCUT2D eigenvalue weighted by molar-refractivity contribution is -0.870. The summed E-state index contributed by atoms with van der Waals surface area (Å²) in [6.45, 7) is 6.82. The van der Waals surface area contributed by atoms with Crippen LogP contribution >= 0.6 is 7.82 Å². The first kappa shape index (κ1) is 71.7. The largest absolute Gasteiger partial charge is 0.472 e. The molecular formula is C65H114N2O7P+. The molecule has 0 aliphatic heterocycles. The van der Waals surface area contributed by atoms with Crippen LogP contribution in [-0.4, -0.2) is 74.3 Å². The Bertz CT molecular complexity index is 1650. The van der Waals surface area contributed by atoms with Crippen molar-refractivity contribution in [1.29, 1.82) is 0 Å². The van der Waals surface area contributed by atoms with E-state index in [0.717, 1.165) is 135 Å². The van der Waals surface area contributed by atoms with Gasteiger partial charge in [-0.1, -0.05) is 227 Å². The van der Waals surface area contributed by atoms with E-state index in [-0.39, 0.29) is 31.5 Å². The van der Waals surface area contributed by atoms with Gasteiger partial charge in [0.25, 0.3) is 0 Å². The number of phosphoric ester groups is 1. The Hall–Kier alpha value is -3.33. The van der Waals surface area contributed by atoms with Crippen LogP contribution in [0.1, 0.15) is 239 Å². The molecule has 0 aromatic carbocycles. The van der Waals surface area contributed by atoms with E-state index in [9.17, 15) is 19.0 Å². The molecule has 0 radical (unpaired) electrons. The Balaban J connectivity index is 5.30. The highest BCUT2D eigenvalue weighted by atomic mass is 31.2. The summed E-state index contributed by atoms with van der Waals surface area (Å²) in [6.07, 6.45) is 73.7. The fourth-order valence-electron chi connectivity index (χ4n) is 8.05. The van der Waals surface area contributed by atoms with Gasteiger partial charge < -0.3 is 19.4 Å². The number of nitrogens with one attached hydrogen (secondary N) is 1. The number of carbonyl (C=O) groups excluding carboxylic acids is 2. The highest BCUT2D eigenvalue weighted by Crippen LogP contribution is 2.43. The minimum absolute atomic E-state index is 0.0278. The van der Waals surface area contributed by atoms with Crippen molar-refractivity contribution in [2.75, 3.05) is 40.9 Å². The number of amides is 1. The average Bonchev–Trinajstić information content (AvgIpc) is 3.37. The molecule has 0 spiro atoms. The monoisotopic (exact) mass is 1070 g/mol. The summed E-state index contributed by atoms with van der Waals surface area (Å²) >= 11 is 0. The maximum atomic E-state index is 13.5. The van der Waals surface area contributed by atoms with Crippen LogP contribution < -0.4 is 5.32 Å². The number of rotatable bonds is 53. The summed E-state index contributed by atoms with van der Waals surface area (Å²) in [7, 11) is 1.46. The summed E-state index contributed by atoms with van der Waals surface area (Å²) in [6, 6.07) is -0.871. The molecule has 0 saturated heterocycles. The number of phosphoric acid groups is 1. The maximum Gasteiger partial charge on any atom is 0.472 e. The van der Waals surface area contributed by atoms with Crippen LogP contribution in [-0.2, 0) is 27.9 Å².